The first kappa shape index (κ1) is 20.5. The zero-order chi connectivity index (χ0) is 21.3. The van der Waals surface area contributed by atoms with Crippen LogP contribution in [0.3, 0.4) is 0 Å². The second-order valence-electron chi connectivity index (χ2n) is 8.10. The van der Waals surface area contributed by atoms with E-state index in [2.05, 4.69) is 15.5 Å². The van der Waals surface area contributed by atoms with Crippen molar-refractivity contribution in [2.45, 2.75) is 31.7 Å². The van der Waals surface area contributed by atoms with Crippen LogP contribution in [0.1, 0.15) is 46.4 Å². The van der Waals surface area contributed by atoms with Crippen LogP contribution in [-0.2, 0) is 9.59 Å². The van der Waals surface area contributed by atoms with E-state index >= 15 is 0 Å². The van der Waals surface area contributed by atoms with Crippen LogP contribution in [0.2, 0.25) is 0 Å². The molecule has 4 N–H and O–H groups in total. The number of nitrogens with one attached hydrogen (secondary N) is 2. The first-order valence-electron chi connectivity index (χ1n) is 10.5. The zero-order valence-electron chi connectivity index (χ0n) is 16.9. The van der Waals surface area contributed by atoms with Gasteiger partial charge in [-0.15, -0.1) is 0 Å². The zero-order valence-corrected chi connectivity index (χ0v) is 16.9. The van der Waals surface area contributed by atoms with E-state index in [-0.39, 0.29) is 18.7 Å². The largest absolute Gasteiger partial charge is 0.371 e. The second kappa shape index (κ2) is 8.53. The van der Waals surface area contributed by atoms with Gasteiger partial charge < -0.3 is 16.0 Å². The molecule has 0 bridgehead atoms. The normalized spacial score (nSPS) is 22.5. The number of carbonyl (C=O) groups excluding carboxylic acids is 4. The highest BCUT2D eigenvalue weighted by Crippen LogP contribution is 2.32. The van der Waals surface area contributed by atoms with Gasteiger partial charge in [-0.3, -0.25) is 29.4 Å². The van der Waals surface area contributed by atoms with Crippen molar-refractivity contribution in [3.8, 4) is 0 Å². The van der Waals surface area contributed by atoms with E-state index in [1.54, 1.807) is 12.1 Å². The third-order valence-corrected chi connectivity index (χ3v) is 6.16. The highest BCUT2D eigenvalue weighted by Gasteiger charge is 2.44. The Labute approximate surface area is 174 Å². The van der Waals surface area contributed by atoms with Crippen molar-refractivity contribution in [2.24, 2.45) is 11.7 Å². The number of anilines is 1. The molecule has 1 aromatic rings. The van der Waals surface area contributed by atoms with Crippen LogP contribution in [-0.4, -0.2) is 67.3 Å². The molecule has 2 fully saturated rings. The third-order valence-electron chi connectivity index (χ3n) is 6.16. The minimum Gasteiger partial charge on any atom is -0.371 e. The van der Waals surface area contributed by atoms with Gasteiger partial charge in [0.15, 0.2) is 0 Å². The fourth-order valence-electron chi connectivity index (χ4n) is 4.46. The predicted octanol–water partition coefficient (Wildman–Crippen LogP) is -0.147. The molecule has 2 saturated heterocycles. The molecule has 0 saturated carbocycles. The summed E-state index contributed by atoms with van der Waals surface area (Å²) in [5.41, 5.74) is 7.07. The predicted molar refractivity (Wildman–Crippen MR) is 110 cm³/mol. The summed E-state index contributed by atoms with van der Waals surface area (Å²) < 4.78 is 0. The summed E-state index contributed by atoms with van der Waals surface area (Å²) in [7, 11) is 0. The molecule has 1 aromatic carbocycles. The molecule has 4 amide bonds. The molecule has 9 heteroatoms. The summed E-state index contributed by atoms with van der Waals surface area (Å²) in [6.07, 6.45) is 2.37. The lowest BCUT2D eigenvalue weighted by molar-refractivity contribution is -0.136. The Morgan fingerprint density at radius 1 is 1.03 bits per heavy atom. The Bertz CT molecular complexity index is 878. The Hall–Kier alpha value is -2.78. The smallest absolute Gasteiger partial charge is 0.262 e. The average Bonchev–Trinajstić information content (AvgIpc) is 2.99. The molecule has 3 aliphatic rings. The molecule has 0 spiro atoms. The fraction of sp³-hybridized carbons (Fsp3) is 0.524. The number of nitrogens with two attached hydrogens (primary N) is 1. The molecule has 0 aromatic heterocycles. The fourth-order valence-corrected chi connectivity index (χ4v) is 4.46. The van der Waals surface area contributed by atoms with E-state index in [1.165, 1.54) is 0 Å². The van der Waals surface area contributed by atoms with Crippen LogP contribution >= 0.6 is 0 Å². The number of rotatable bonds is 6. The van der Waals surface area contributed by atoms with Gasteiger partial charge in [0.05, 0.1) is 11.1 Å². The van der Waals surface area contributed by atoms with Crippen molar-refractivity contribution in [3.63, 3.8) is 0 Å². The van der Waals surface area contributed by atoms with Crippen molar-refractivity contribution < 1.29 is 19.2 Å². The summed E-state index contributed by atoms with van der Waals surface area (Å²) in [5, 5.41) is 5.58. The van der Waals surface area contributed by atoms with Gasteiger partial charge in [0.2, 0.25) is 11.8 Å². The van der Waals surface area contributed by atoms with Gasteiger partial charge in [-0.05, 0) is 49.9 Å². The number of nitrogens with zero attached hydrogens (tertiary/aromatic N) is 2. The van der Waals surface area contributed by atoms with Crippen LogP contribution in [0.15, 0.2) is 18.2 Å². The van der Waals surface area contributed by atoms with Crippen molar-refractivity contribution >= 4 is 29.3 Å². The Kier molecular flexibility index (Phi) is 5.83. The Morgan fingerprint density at radius 3 is 2.47 bits per heavy atom. The number of benzene rings is 1. The van der Waals surface area contributed by atoms with Crippen LogP contribution in [0.25, 0.3) is 0 Å². The van der Waals surface area contributed by atoms with Crippen molar-refractivity contribution in [1.29, 1.82) is 0 Å². The number of fused-ring (bicyclic) bond motifs is 1. The van der Waals surface area contributed by atoms with Crippen molar-refractivity contribution in [3.05, 3.63) is 29.3 Å². The third kappa shape index (κ3) is 3.82. The lowest BCUT2D eigenvalue weighted by Gasteiger charge is -2.34. The van der Waals surface area contributed by atoms with E-state index in [0.29, 0.717) is 23.6 Å². The highest BCUT2D eigenvalue weighted by atomic mass is 16.2. The lowest BCUT2D eigenvalue weighted by Crippen LogP contribution is -2.54. The van der Waals surface area contributed by atoms with E-state index < -0.39 is 23.8 Å². The van der Waals surface area contributed by atoms with Crippen LogP contribution in [0.5, 0.6) is 0 Å². The van der Waals surface area contributed by atoms with Crippen LogP contribution < -0.4 is 21.3 Å². The molecular weight excluding hydrogens is 386 g/mol. The number of hydrogen-bond acceptors (Lipinski definition) is 7. The molecule has 4 rings (SSSR count). The molecular formula is C21H27N5O4. The average molecular weight is 413 g/mol. The molecule has 3 aliphatic heterocycles. The molecule has 1 atom stereocenters. The maximum Gasteiger partial charge on any atom is 0.262 e. The number of carbonyl (C=O) groups is 4. The monoisotopic (exact) mass is 413 g/mol. The second-order valence-corrected chi connectivity index (χ2v) is 8.10. The molecule has 9 nitrogen and oxygen atoms in total. The number of imide groups is 2. The van der Waals surface area contributed by atoms with Crippen molar-refractivity contribution in [2.75, 3.05) is 37.6 Å². The minimum absolute atomic E-state index is 0.115. The molecule has 0 radical (unpaired) electrons. The van der Waals surface area contributed by atoms with Crippen molar-refractivity contribution in [1.82, 2.24) is 15.5 Å². The van der Waals surface area contributed by atoms with Crippen LogP contribution in [0, 0.1) is 5.92 Å². The van der Waals surface area contributed by atoms with Crippen LogP contribution in [0.4, 0.5) is 5.69 Å². The van der Waals surface area contributed by atoms with Gasteiger partial charge in [-0.25, -0.2) is 0 Å². The van der Waals surface area contributed by atoms with Gasteiger partial charge in [0, 0.05) is 38.3 Å². The van der Waals surface area contributed by atoms with E-state index in [9.17, 15) is 19.2 Å². The first-order valence-corrected chi connectivity index (χ1v) is 10.5. The van der Waals surface area contributed by atoms with Gasteiger partial charge >= 0.3 is 0 Å². The topological polar surface area (TPSA) is 125 Å². The quantitative estimate of drug-likeness (QED) is 0.438. The standard InChI is InChI=1S/C21H27N5O4/c22-7-8-23-12-13-5-9-25(10-6-13)14-1-2-15-16(11-14)21(30)26(20(15)29)17-3-4-18(27)24-19(17)28/h1-2,11,13,17,23H,3-10,12,22H2,(H,24,27,28). The maximum absolute atomic E-state index is 13.0. The van der Waals surface area contributed by atoms with Gasteiger partial charge in [0.1, 0.15) is 6.04 Å². The van der Waals surface area contributed by atoms with Gasteiger partial charge in [-0.1, -0.05) is 0 Å². The number of piperidine rings is 2. The molecule has 160 valence electrons. The Morgan fingerprint density at radius 2 is 1.77 bits per heavy atom. The number of hydrogen-bond donors (Lipinski definition) is 3. The van der Waals surface area contributed by atoms with E-state index in [1.807, 2.05) is 6.07 Å². The summed E-state index contributed by atoms with van der Waals surface area (Å²) in [6.45, 7) is 4.18. The molecule has 1 unspecified atom stereocenters. The summed E-state index contributed by atoms with van der Waals surface area (Å²) in [6, 6.07) is 4.36. The first-order chi connectivity index (χ1) is 14.5. The minimum atomic E-state index is -0.935. The Balaban J connectivity index is 1.45. The summed E-state index contributed by atoms with van der Waals surface area (Å²) in [5.74, 6) is -1.30. The molecule has 3 heterocycles. The summed E-state index contributed by atoms with van der Waals surface area (Å²) in [4.78, 5) is 52.6. The molecule has 30 heavy (non-hydrogen) atoms. The van der Waals surface area contributed by atoms with Gasteiger partial charge in [0.25, 0.3) is 11.8 Å². The highest BCUT2D eigenvalue weighted by molar-refractivity contribution is 6.23. The maximum atomic E-state index is 13.0. The SMILES string of the molecule is NCCNCC1CCN(c2ccc3c(c2)C(=O)N(C2CCC(=O)NC2=O)C3=O)CC1. The lowest BCUT2D eigenvalue weighted by atomic mass is 9.96. The van der Waals surface area contributed by atoms with Gasteiger partial charge in [-0.2, -0.15) is 0 Å². The molecule has 0 aliphatic carbocycles. The summed E-state index contributed by atoms with van der Waals surface area (Å²) >= 11 is 0. The van der Waals surface area contributed by atoms with E-state index in [4.69, 9.17) is 5.73 Å². The number of amides is 4. The van der Waals surface area contributed by atoms with E-state index in [0.717, 1.165) is 49.6 Å².